The van der Waals surface area contributed by atoms with Crippen LogP contribution in [0.15, 0.2) is 30.5 Å². The molecule has 1 atom stereocenters. The number of benzene rings is 1. The van der Waals surface area contributed by atoms with Crippen LogP contribution in [-0.4, -0.2) is 48.1 Å². The number of ether oxygens (including phenoxy) is 2. The van der Waals surface area contributed by atoms with Gasteiger partial charge in [0.15, 0.2) is 0 Å². The molecule has 2 aromatic rings. The molecule has 2 heterocycles. The van der Waals surface area contributed by atoms with E-state index in [0.29, 0.717) is 19.1 Å². The number of aryl methyl sites for hydroxylation is 1. The van der Waals surface area contributed by atoms with Gasteiger partial charge in [-0.25, -0.2) is 0 Å². The van der Waals surface area contributed by atoms with Gasteiger partial charge in [0, 0.05) is 56.5 Å². The van der Waals surface area contributed by atoms with E-state index < -0.39 is 0 Å². The SMILES string of the molecule is COC[C@@H]1CN(CCOc2ccc(Cl)cc2)Cc2cn(C)nc21. The molecule has 124 valence electrons. The van der Waals surface area contributed by atoms with E-state index in [9.17, 15) is 0 Å². The standard InChI is InChI=1S/C17H22ClN3O2/c1-20-9-13-10-21(11-14(12-22-2)17(13)19-20)7-8-23-16-5-3-15(18)4-6-16/h3-6,9,14H,7-8,10-12H2,1-2H3/t14-/m0/s1. The summed E-state index contributed by atoms with van der Waals surface area (Å²) in [4.78, 5) is 2.39. The Morgan fingerprint density at radius 3 is 2.83 bits per heavy atom. The number of rotatable bonds is 6. The van der Waals surface area contributed by atoms with E-state index in [1.165, 1.54) is 11.3 Å². The third-order valence-corrected chi connectivity index (χ3v) is 4.31. The van der Waals surface area contributed by atoms with Crippen LogP contribution >= 0.6 is 11.6 Å². The van der Waals surface area contributed by atoms with E-state index in [2.05, 4.69) is 16.2 Å². The molecule has 0 radical (unpaired) electrons. The lowest BCUT2D eigenvalue weighted by molar-refractivity contribution is 0.127. The number of fused-ring (bicyclic) bond motifs is 1. The second-order valence-corrected chi connectivity index (χ2v) is 6.34. The number of aromatic nitrogens is 2. The Morgan fingerprint density at radius 1 is 1.30 bits per heavy atom. The van der Waals surface area contributed by atoms with Crippen molar-refractivity contribution in [2.75, 3.05) is 33.4 Å². The van der Waals surface area contributed by atoms with Crippen molar-refractivity contribution in [2.24, 2.45) is 7.05 Å². The molecule has 5 nitrogen and oxygen atoms in total. The summed E-state index contributed by atoms with van der Waals surface area (Å²) in [7, 11) is 3.71. The molecule has 6 heteroatoms. The Balaban J connectivity index is 1.57. The summed E-state index contributed by atoms with van der Waals surface area (Å²) in [6, 6.07) is 7.47. The van der Waals surface area contributed by atoms with Crippen molar-refractivity contribution in [2.45, 2.75) is 12.5 Å². The minimum absolute atomic E-state index is 0.320. The Morgan fingerprint density at radius 2 is 2.09 bits per heavy atom. The van der Waals surface area contributed by atoms with Gasteiger partial charge < -0.3 is 9.47 Å². The van der Waals surface area contributed by atoms with Gasteiger partial charge in [-0.05, 0) is 24.3 Å². The third kappa shape index (κ3) is 4.05. The second kappa shape index (κ2) is 7.34. The zero-order chi connectivity index (χ0) is 16.2. The third-order valence-electron chi connectivity index (χ3n) is 4.05. The van der Waals surface area contributed by atoms with Gasteiger partial charge in [-0.2, -0.15) is 5.10 Å². The summed E-state index contributed by atoms with van der Waals surface area (Å²) in [6.07, 6.45) is 2.10. The predicted octanol–water partition coefficient (Wildman–Crippen LogP) is 2.70. The van der Waals surface area contributed by atoms with Crippen LogP contribution in [0.3, 0.4) is 0 Å². The van der Waals surface area contributed by atoms with Crippen LogP contribution in [0.2, 0.25) is 5.02 Å². The minimum atomic E-state index is 0.320. The molecule has 3 rings (SSSR count). The molecule has 0 saturated heterocycles. The van der Waals surface area contributed by atoms with Crippen molar-refractivity contribution in [1.82, 2.24) is 14.7 Å². The highest BCUT2D eigenvalue weighted by Crippen LogP contribution is 2.27. The van der Waals surface area contributed by atoms with Crippen molar-refractivity contribution in [3.05, 3.63) is 46.7 Å². The lowest BCUT2D eigenvalue weighted by Crippen LogP contribution is -2.37. The van der Waals surface area contributed by atoms with Crippen LogP contribution in [-0.2, 0) is 18.3 Å². The highest BCUT2D eigenvalue weighted by atomic mass is 35.5. The molecule has 0 fully saturated rings. The molecule has 0 spiro atoms. The fourth-order valence-corrected chi connectivity index (χ4v) is 3.18. The highest BCUT2D eigenvalue weighted by molar-refractivity contribution is 6.30. The van der Waals surface area contributed by atoms with Crippen molar-refractivity contribution in [3.8, 4) is 5.75 Å². The molecule has 1 aromatic heterocycles. The zero-order valence-corrected chi connectivity index (χ0v) is 14.3. The van der Waals surface area contributed by atoms with E-state index in [1.54, 1.807) is 7.11 Å². The summed E-state index contributed by atoms with van der Waals surface area (Å²) in [5.41, 5.74) is 2.46. The molecular weight excluding hydrogens is 314 g/mol. The molecule has 1 aliphatic heterocycles. The molecule has 0 amide bonds. The van der Waals surface area contributed by atoms with Gasteiger partial charge in [-0.1, -0.05) is 11.6 Å². The first-order valence-corrected chi connectivity index (χ1v) is 8.15. The number of halogens is 1. The molecule has 0 saturated carbocycles. The smallest absolute Gasteiger partial charge is 0.119 e. The summed E-state index contributed by atoms with van der Waals surface area (Å²) in [5.74, 6) is 1.17. The summed E-state index contributed by atoms with van der Waals surface area (Å²) < 4.78 is 13.1. The number of nitrogens with zero attached hydrogens (tertiary/aromatic N) is 3. The van der Waals surface area contributed by atoms with E-state index in [-0.39, 0.29) is 0 Å². The Bertz CT molecular complexity index is 642. The maximum Gasteiger partial charge on any atom is 0.119 e. The van der Waals surface area contributed by atoms with Crippen molar-refractivity contribution >= 4 is 11.6 Å². The van der Waals surface area contributed by atoms with E-state index in [1.807, 2.05) is 36.0 Å². The van der Waals surface area contributed by atoms with E-state index >= 15 is 0 Å². The average molecular weight is 336 g/mol. The van der Waals surface area contributed by atoms with Gasteiger partial charge in [0.1, 0.15) is 12.4 Å². The maximum atomic E-state index is 5.88. The Labute approximate surface area is 141 Å². The molecule has 0 unspecified atom stereocenters. The Hall–Kier alpha value is -1.56. The normalized spacial score (nSPS) is 18.0. The first-order chi connectivity index (χ1) is 11.2. The van der Waals surface area contributed by atoms with Crippen molar-refractivity contribution in [1.29, 1.82) is 0 Å². The summed E-state index contributed by atoms with van der Waals surface area (Å²) in [5, 5.41) is 5.31. The molecule has 23 heavy (non-hydrogen) atoms. The van der Waals surface area contributed by atoms with Gasteiger partial charge in [0.25, 0.3) is 0 Å². The molecule has 1 aliphatic rings. The molecule has 1 aromatic carbocycles. The number of methoxy groups -OCH3 is 1. The van der Waals surface area contributed by atoms with Gasteiger partial charge in [0.05, 0.1) is 12.3 Å². The first kappa shape index (κ1) is 16.3. The predicted molar refractivity (Wildman–Crippen MR) is 90.0 cm³/mol. The van der Waals surface area contributed by atoms with E-state index in [4.69, 9.17) is 21.1 Å². The fourth-order valence-electron chi connectivity index (χ4n) is 3.05. The quantitative estimate of drug-likeness (QED) is 0.813. The van der Waals surface area contributed by atoms with Gasteiger partial charge >= 0.3 is 0 Å². The van der Waals surface area contributed by atoms with Crippen LogP contribution in [0.5, 0.6) is 5.75 Å². The summed E-state index contributed by atoms with van der Waals surface area (Å²) in [6.45, 7) is 4.07. The fraction of sp³-hybridized carbons (Fsp3) is 0.471. The van der Waals surface area contributed by atoms with E-state index in [0.717, 1.165) is 30.4 Å². The van der Waals surface area contributed by atoms with Gasteiger partial charge in [-0.15, -0.1) is 0 Å². The Kier molecular flexibility index (Phi) is 5.20. The van der Waals surface area contributed by atoms with Crippen molar-refractivity contribution in [3.63, 3.8) is 0 Å². The zero-order valence-electron chi connectivity index (χ0n) is 13.5. The minimum Gasteiger partial charge on any atom is -0.492 e. The van der Waals surface area contributed by atoms with Crippen LogP contribution in [0.25, 0.3) is 0 Å². The molecule has 0 bridgehead atoms. The lowest BCUT2D eigenvalue weighted by Gasteiger charge is -2.31. The number of hydrogen-bond acceptors (Lipinski definition) is 4. The highest BCUT2D eigenvalue weighted by Gasteiger charge is 2.28. The van der Waals surface area contributed by atoms with Gasteiger partial charge in [0.2, 0.25) is 0 Å². The molecular formula is C17H22ClN3O2. The molecule has 0 N–H and O–H groups in total. The van der Waals surface area contributed by atoms with Crippen LogP contribution in [0.4, 0.5) is 0 Å². The lowest BCUT2D eigenvalue weighted by atomic mass is 9.97. The first-order valence-electron chi connectivity index (χ1n) is 7.78. The number of hydrogen-bond donors (Lipinski definition) is 0. The second-order valence-electron chi connectivity index (χ2n) is 5.90. The topological polar surface area (TPSA) is 39.5 Å². The maximum absolute atomic E-state index is 5.88. The monoisotopic (exact) mass is 335 g/mol. The largest absolute Gasteiger partial charge is 0.492 e. The van der Waals surface area contributed by atoms with Crippen molar-refractivity contribution < 1.29 is 9.47 Å². The van der Waals surface area contributed by atoms with Crippen LogP contribution < -0.4 is 4.74 Å². The van der Waals surface area contributed by atoms with Gasteiger partial charge in [-0.3, -0.25) is 9.58 Å². The van der Waals surface area contributed by atoms with Crippen LogP contribution in [0, 0.1) is 0 Å². The summed E-state index contributed by atoms with van der Waals surface area (Å²) >= 11 is 5.88. The van der Waals surface area contributed by atoms with Crippen LogP contribution in [0.1, 0.15) is 17.2 Å². The molecule has 0 aliphatic carbocycles. The average Bonchev–Trinajstić information content (AvgIpc) is 2.90.